The average molecular weight is 298 g/mol. The standard InChI is InChI=1S/C20H26O2/c1-2-3-4-5-6-7-8-9-10-11-12-13-14-15-16-17-18-19-20(21)22/h10-19H,2-7H2,1H3,(H,21,22)/b11-10+,13-12+,15-14+,17-16+,19-18+. The van der Waals surface area contributed by atoms with Crippen molar-refractivity contribution in [3.63, 3.8) is 0 Å². The molecule has 0 aliphatic carbocycles. The van der Waals surface area contributed by atoms with Gasteiger partial charge in [-0.1, -0.05) is 93.1 Å². The molecule has 0 aliphatic heterocycles. The molecule has 0 saturated heterocycles. The minimum atomic E-state index is -0.944. The van der Waals surface area contributed by atoms with E-state index in [0.717, 1.165) is 12.5 Å². The Labute approximate surface area is 134 Å². The van der Waals surface area contributed by atoms with Gasteiger partial charge in [-0.25, -0.2) is 4.79 Å². The van der Waals surface area contributed by atoms with Crippen LogP contribution in [0, 0.1) is 11.8 Å². The summed E-state index contributed by atoms with van der Waals surface area (Å²) in [6, 6.07) is 0. The van der Waals surface area contributed by atoms with Crippen LogP contribution in [0.3, 0.4) is 0 Å². The maximum Gasteiger partial charge on any atom is 0.328 e. The molecule has 2 heteroatoms. The molecule has 0 aromatic heterocycles. The summed E-state index contributed by atoms with van der Waals surface area (Å²) >= 11 is 0. The van der Waals surface area contributed by atoms with E-state index in [1.165, 1.54) is 38.2 Å². The number of carbonyl (C=O) groups is 1. The van der Waals surface area contributed by atoms with Crippen molar-refractivity contribution in [3.8, 4) is 11.8 Å². The van der Waals surface area contributed by atoms with Crippen molar-refractivity contribution >= 4 is 5.97 Å². The topological polar surface area (TPSA) is 37.3 Å². The van der Waals surface area contributed by atoms with E-state index in [4.69, 9.17) is 5.11 Å². The molecule has 1 N–H and O–H groups in total. The molecule has 22 heavy (non-hydrogen) atoms. The summed E-state index contributed by atoms with van der Waals surface area (Å²) < 4.78 is 0. The van der Waals surface area contributed by atoms with Gasteiger partial charge in [-0.3, -0.25) is 0 Å². The SMILES string of the molecule is CCCCCCCC#C/C=C/C=C/C=C/C=C/C=C/C(=O)O. The number of carboxylic acid groups (broad SMARTS) is 1. The van der Waals surface area contributed by atoms with Crippen molar-refractivity contribution in [2.75, 3.05) is 0 Å². The van der Waals surface area contributed by atoms with Gasteiger partial charge in [-0.2, -0.15) is 0 Å². The first-order valence-corrected chi connectivity index (χ1v) is 7.82. The van der Waals surface area contributed by atoms with Crippen LogP contribution in [0.15, 0.2) is 60.8 Å². The van der Waals surface area contributed by atoms with Crippen LogP contribution in [0.2, 0.25) is 0 Å². The molecular formula is C20H26O2. The fourth-order valence-electron chi connectivity index (χ4n) is 1.57. The molecule has 0 radical (unpaired) electrons. The van der Waals surface area contributed by atoms with Crippen molar-refractivity contribution in [1.82, 2.24) is 0 Å². The van der Waals surface area contributed by atoms with E-state index in [-0.39, 0.29) is 0 Å². The first kappa shape index (κ1) is 19.7. The van der Waals surface area contributed by atoms with Crippen molar-refractivity contribution in [1.29, 1.82) is 0 Å². The highest BCUT2D eigenvalue weighted by molar-refractivity contribution is 5.80. The summed E-state index contributed by atoms with van der Waals surface area (Å²) in [7, 11) is 0. The number of allylic oxidation sites excluding steroid dienone is 9. The Kier molecular flexibility index (Phi) is 15.1. The maximum absolute atomic E-state index is 10.2. The zero-order valence-electron chi connectivity index (χ0n) is 13.4. The lowest BCUT2D eigenvalue weighted by atomic mass is 10.1. The van der Waals surface area contributed by atoms with Crippen LogP contribution in [-0.2, 0) is 4.79 Å². The van der Waals surface area contributed by atoms with Crippen LogP contribution < -0.4 is 0 Å². The molecule has 0 aromatic rings. The molecule has 0 bridgehead atoms. The Morgan fingerprint density at radius 2 is 1.45 bits per heavy atom. The monoisotopic (exact) mass is 298 g/mol. The molecular weight excluding hydrogens is 272 g/mol. The number of unbranched alkanes of at least 4 members (excludes halogenated alkanes) is 5. The van der Waals surface area contributed by atoms with Gasteiger partial charge in [0.25, 0.3) is 0 Å². The Balaban J connectivity index is 3.69. The minimum Gasteiger partial charge on any atom is -0.478 e. The highest BCUT2D eigenvalue weighted by Crippen LogP contribution is 2.03. The second kappa shape index (κ2) is 16.8. The fraction of sp³-hybridized carbons (Fsp3) is 0.350. The molecule has 118 valence electrons. The van der Waals surface area contributed by atoms with Crippen LogP contribution in [0.4, 0.5) is 0 Å². The Bertz CT molecular complexity index is 480. The molecule has 0 unspecified atom stereocenters. The molecule has 0 atom stereocenters. The first-order valence-electron chi connectivity index (χ1n) is 7.82. The predicted octanol–water partition coefficient (Wildman–Crippen LogP) is 5.22. The van der Waals surface area contributed by atoms with Crippen LogP contribution in [-0.4, -0.2) is 11.1 Å². The molecule has 0 rings (SSSR count). The van der Waals surface area contributed by atoms with E-state index >= 15 is 0 Å². The lowest BCUT2D eigenvalue weighted by Crippen LogP contribution is -1.84. The van der Waals surface area contributed by atoms with Gasteiger partial charge >= 0.3 is 5.97 Å². The van der Waals surface area contributed by atoms with E-state index in [9.17, 15) is 4.79 Å². The largest absolute Gasteiger partial charge is 0.478 e. The zero-order chi connectivity index (χ0) is 16.3. The van der Waals surface area contributed by atoms with Gasteiger partial charge < -0.3 is 5.11 Å². The van der Waals surface area contributed by atoms with Gasteiger partial charge in [0.1, 0.15) is 0 Å². The van der Waals surface area contributed by atoms with Crippen LogP contribution >= 0.6 is 0 Å². The summed E-state index contributed by atoms with van der Waals surface area (Å²) in [5.41, 5.74) is 0. The number of hydrogen-bond acceptors (Lipinski definition) is 1. The molecule has 0 spiro atoms. The van der Waals surface area contributed by atoms with E-state index in [0.29, 0.717) is 0 Å². The summed E-state index contributed by atoms with van der Waals surface area (Å²) in [6.45, 7) is 2.22. The van der Waals surface area contributed by atoms with E-state index in [1.807, 2.05) is 36.5 Å². The molecule has 0 heterocycles. The van der Waals surface area contributed by atoms with Gasteiger partial charge in [-0.15, -0.1) is 0 Å². The molecule has 0 saturated carbocycles. The Hall–Kier alpha value is -2.27. The smallest absolute Gasteiger partial charge is 0.328 e. The van der Waals surface area contributed by atoms with Crippen molar-refractivity contribution < 1.29 is 9.90 Å². The third kappa shape index (κ3) is 17.7. The van der Waals surface area contributed by atoms with Gasteiger partial charge in [0.05, 0.1) is 0 Å². The minimum absolute atomic E-state index is 0.944. The van der Waals surface area contributed by atoms with Crippen molar-refractivity contribution in [3.05, 3.63) is 60.8 Å². The lowest BCUT2D eigenvalue weighted by Gasteiger charge is -1.93. The van der Waals surface area contributed by atoms with Crippen molar-refractivity contribution in [2.45, 2.75) is 45.4 Å². The average Bonchev–Trinajstić information content (AvgIpc) is 2.50. The highest BCUT2D eigenvalue weighted by atomic mass is 16.4. The quantitative estimate of drug-likeness (QED) is 0.260. The first-order chi connectivity index (χ1) is 10.8. The maximum atomic E-state index is 10.2. The summed E-state index contributed by atoms with van der Waals surface area (Å²) in [4.78, 5) is 10.2. The predicted molar refractivity (Wildman–Crippen MR) is 94.5 cm³/mol. The summed E-state index contributed by atoms with van der Waals surface area (Å²) in [5, 5.41) is 8.37. The van der Waals surface area contributed by atoms with Gasteiger partial charge in [0, 0.05) is 12.5 Å². The molecule has 0 amide bonds. The third-order valence-electron chi connectivity index (χ3n) is 2.70. The van der Waals surface area contributed by atoms with Crippen LogP contribution in [0.25, 0.3) is 0 Å². The molecule has 0 aromatic carbocycles. The van der Waals surface area contributed by atoms with Gasteiger partial charge in [-0.05, 0) is 12.5 Å². The number of aliphatic carboxylic acids is 1. The lowest BCUT2D eigenvalue weighted by molar-refractivity contribution is -0.131. The number of rotatable bonds is 10. The normalized spacial score (nSPS) is 12.0. The second-order valence-electron chi connectivity index (χ2n) is 4.70. The zero-order valence-corrected chi connectivity index (χ0v) is 13.4. The number of hydrogen-bond donors (Lipinski definition) is 1. The van der Waals surface area contributed by atoms with E-state index in [1.54, 1.807) is 12.2 Å². The third-order valence-corrected chi connectivity index (χ3v) is 2.70. The van der Waals surface area contributed by atoms with Gasteiger partial charge in [0.2, 0.25) is 0 Å². The molecule has 2 nitrogen and oxygen atoms in total. The molecule has 0 aliphatic rings. The van der Waals surface area contributed by atoms with Crippen LogP contribution in [0.1, 0.15) is 45.4 Å². The Morgan fingerprint density at radius 3 is 2.09 bits per heavy atom. The van der Waals surface area contributed by atoms with E-state index < -0.39 is 5.97 Å². The van der Waals surface area contributed by atoms with E-state index in [2.05, 4.69) is 18.8 Å². The fourth-order valence-corrected chi connectivity index (χ4v) is 1.57. The number of carboxylic acids is 1. The second-order valence-corrected chi connectivity index (χ2v) is 4.70. The van der Waals surface area contributed by atoms with Crippen LogP contribution in [0.5, 0.6) is 0 Å². The summed E-state index contributed by atoms with van der Waals surface area (Å²) in [6.07, 6.45) is 24.7. The molecule has 0 fully saturated rings. The summed E-state index contributed by atoms with van der Waals surface area (Å²) in [5.74, 6) is 5.22. The highest BCUT2D eigenvalue weighted by Gasteiger charge is 1.85. The Morgan fingerprint density at radius 1 is 0.864 bits per heavy atom. The van der Waals surface area contributed by atoms with Crippen molar-refractivity contribution in [2.24, 2.45) is 0 Å². The van der Waals surface area contributed by atoms with Gasteiger partial charge in [0.15, 0.2) is 0 Å².